The van der Waals surface area contributed by atoms with E-state index >= 15 is 0 Å². The predicted octanol–water partition coefficient (Wildman–Crippen LogP) is 2.67. The zero-order chi connectivity index (χ0) is 22.4. The van der Waals surface area contributed by atoms with Gasteiger partial charge in [0.1, 0.15) is 11.8 Å². The number of hydrogen-bond donors (Lipinski definition) is 3. The summed E-state index contributed by atoms with van der Waals surface area (Å²) < 4.78 is 5.40. The van der Waals surface area contributed by atoms with E-state index in [9.17, 15) is 19.2 Å². The summed E-state index contributed by atoms with van der Waals surface area (Å²) in [6.45, 7) is 1.86. The second-order valence-corrected chi connectivity index (χ2v) is 6.74. The van der Waals surface area contributed by atoms with E-state index in [-0.39, 0.29) is 29.4 Å². The lowest BCUT2D eigenvalue weighted by Gasteiger charge is -2.05. The van der Waals surface area contributed by atoms with Gasteiger partial charge >= 0.3 is 5.97 Å². The number of rotatable bonds is 7. The van der Waals surface area contributed by atoms with Crippen LogP contribution in [0.1, 0.15) is 34.3 Å². The lowest BCUT2D eigenvalue weighted by atomic mass is 10.1. The summed E-state index contributed by atoms with van der Waals surface area (Å²) in [5.41, 5.74) is 4.07. The van der Waals surface area contributed by atoms with Gasteiger partial charge in [0, 0.05) is 18.5 Å². The molecule has 1 aromatic heterocycles. The second-order valence-electron chi connectivity index (χ2n) is 6.74. The fourth-order valence-electron chi connectivity index (χ4n) is 2.73. The average molecular weight is 421 g/mol. The van der Waals surface area contributed by atoms with Crippen molar-refractivity contribution in [1.29, 1.82) is 0 Å². The largest absolute Gasteiger partial charge is 0.478 e. The van der Waals surface area contributed by atoms with E-state index in [1.165, 1.54) is 36.7 Å². The highest BCUT2D eigenvalue weighted by Gasteiger charge is 2.09. The van der Waals surface area contributed by atoms with Crippen molar-refractivity contribution < 1.29 is 23.9 Å². The van der Waals surface area contributed by atoms with Gasteiger partial charge in [-0.05, 0) is 43.3 Å². The van der Waals surface area contributed by atoms with Gasteiger partial charge in [0.2, 0.25) is 17.2 Å². The summed E-state index contributed by atoms with van der Waals surface area (Å²) in [4.78, 5) is 47.1. The van der Waals surface area contributed by atoms with Crippen molar-refractivity contribution in [3.63, 3.8) is 0 Å². The molecule has 2 amide bonds. The van der Waals surface area contributed by atoms with Gasteiger partial charge in [-0.2, -0.15) is 5.10 Å². The number of carboxylic acids is 1. The number of fused-ring (bicyclic) bond motifs is 1. The Hall–Kier alpha value is -4.27. The normalized spacial score (nSPS) is 10.9. The number of amides is 2. The molecule has 3 aromatic rings. The topological polar surface area (TPSA) is 138 Å². The third-order valence-electron chi connectivity index (χ3n) is 4.34. The first-order valence-corrected chi connectivity index (χ1v) is 9.31. The van der Waals surface area contributed by atoms with Crippen LogP contribution in [0.2, 0.25) is 0 Å². The summed E-state index contributed by atoms with van der Waals surface area (Å²) in [6.07, 6.45) is 2.23. The SMILES string of the molecule is Cc1ccc2occ(C=NNC(=O)CCC(=O)Nc3ccc(C(=O)O)cc3)c(=O)c2c1. The van der Waals surface area contributed by atoms with E-state index in [0.717, 1.165) is 5.56 Å². The maximum Gasteiger partial charge on any atom is 0.335 e. The highest BCUT2D eigenvalue weighted by atomic mass is 16.4. The molecule has 0 radical (unpaired) electrons. The van der Waals surface area contributed by atoms with Crippen molar-refractivity contribution in [2.45, 2.75) is 19.8 Å². The maximum absolute atomic E-state index is 12.5. The van der Waals surface area contributed by atoms with E-state index < -0.39 is 17.8 Å². The monoisotopic (exact) mass is 421 g/mol. The average Bonchev–Trinajstić information content (AvgIpc) is 2.74. The van der Waals surface area contributed by atoms with Crippen molar-refractivity contribution in [2.24, 2.45) is 5.10 Å². The second kappa shape index (κ2) is 9.49. The van der Waals surface area contributed by atoms with E-state index in [2.05, 4.69) is 15.8 Å². The summed E-state index contributed by atoms with van der Waals surface area (Å²) in [7, 11) is 0. The van der Waals surface area contributed by atoms with E-state index in [0.29, 0.717) is 16.7 Å². The molecule has 0 atom stereocenters. The highest BCUT2D eigenvalue weighted by molar-refractivity contribution is 5.94. The Morgan fingerprint density at radius 2 is 1.77 bits per heavy atom. The van der Waals surface area contributed by atoms with Gasteiger partial charge < -0.3 is 14.8 Å². The number of benzene rings is 2. The molecule has 0 unspecified atom stereocenters. The first-order chi connectivity index (χ1) is 14.8. The van der Waals surface area contributed by atoms with Gasteiger partial charge in [0.15, 0.2) is 0 Å². The van der Waals surface area contributed by atoms with Gasteiger partial charge in [-0.15, -0.1) is 0 Å². The molecular formula is C22H19N3O6. The van der Waals surface area contributed by atoms with Crippen molar-refractivity contribution in [1.82, 2.24) is 5.43 Å². The lowest BCUT2D eigenvalue weighted by molar-refractivity contribution is -0.124. The molecule has 9 heteroatoms. The van der Waals surface area contributed by atoms with Gasteiger partial charge in [-0.3, -0.25) is 14.4 Å². The molecule has 31 heavy (non-hydrogen) atoms. The quantitative estimate of drug-likeness (QED) is 0.396. The molecule has 3 N–H and O–H groups in total. The van der Waals surface area contributed by atoms with Crippen molar-refractivity contribution in [3.8, 4) is 0 Å². The first kappa shape index (κ1) is 21.4. The van der Waals surface area contributed by atoms with Crippen LogP contribution in [0, 0.1) is 6.92 Å². The fraction of sp³-hybridized carbons (Fsp3) is 0.136. The third kappa shape index (κ3) is 5.63. The van der Waals surface area contributed by atoms with Gasteiger partial charge in [-0.1, -0.05) is 11.6 Å². The summed E-state index contributed by atoms with van der Waals surface area (Å²) in [5, 5.41) is 15.6. The van der Waals surface area contributed by atoms with Crippen LogP contribution in [-0.4, -0.2) is 29.1 Å². The Balaban J connectivity index is 1.51. The molecule has 0 aliphatic rings. The Bertz CT molecular complexity index is 1230. The van der Waals surface area contributed by atoms with Crippen LogP contribution in [-0.2, 0) is 9.59 Å². The number of nitrogens with zero attached hydrogens (tertiary/aromatic N) is 1. The minimum absolute atomic E-state index is 0.0978. The number of hydrazone groups is 1. The molecule has 158 valence electrons. The maximum atomic E-state index is 12.5. The standard InChI is InChI=1S/C22H19N3O6/c1-13-2-7-18-17(10-13)21(28)15(12-31-18)11-23-25-20(27)9-8-19(26)24-16-5-3-14(4-6-16)22(29)30/h2-7,10-12H,8-9H2,1H3,(H,24,26)(H,25,27)(H,29,30). The smallest absolute Gasteiger partial charge is 0.335 e. The van der Waals surface area contributed by atoms with E-state index in [1.807, 2.05) is 13.0 Å². The number of nitrogens with one attached hydrogen (secondary N) is 2. The molecule has 0 aliphatic heterocycles. The number of carbonyl (C=O) groups is 3. The molecule has 0 saturated carbocycles. The molecule has 1 heterocycles. The number of carboxylic acid groups (broad SMARTS) is 1. The summed E-state index contributed by atoms with van der Waals surface area (Å²) >= 11 is 0. The predicted molar refractivity (Wildman–Crippen MR) is 114 cm³/mol. The zero-order valence-corrected chi connectivity index (χ0v) is 16.5. The fourth-order valence-corrected chi connectivity index (χ4v) is 2.73. The van der Waals surface area contributed by atoms with Crippen molar-refractivity contribution >= 4 is 40.7 Å². The van der Waals surface area contributed by atoms with Crippen molar-refractivity contribution in [3.05, 3.63) is 75.6 Å². The van der Waals surface area contributed by atoms with Crippen LogP contribution in [0.3, 0.4) is 0 Å². The van der Waals surface area contributed by atoms with Gasteiger partial charge in [-0.25, -0.2) is 10.2 Å². The Morgan fingerprint density at radius 1 is 1.06 bits per heavy atom. The van der Waals surface area contributed by atoms with E-state index in [4.69, 9.17) is 9.52 Å². The molecule has 9 nitrogen and oxygen atoms in total. The minimum atomic E-state index is -1.06. The number of carbonyl (C=O) groups excluding carboxylic acids is 2. The van der Waals surface area contributed by atoms with Crippen LogP contribution in [0.5, 0.6) is 0 Å². The van der Waals surface area contributed by atoms with Crippen LogP contribution in [0.25, 0.3) is 11.0 Å². The Kier molecular flexibility index (Phi) is 6.56. The van der Waals surface area contributed by atoms with Crippen LogP contribution in [0.4, 0.5) is 5.69 Å². The summed E-state index contributed by atoms with van der Waals surface area (Å²) in [6, 6.07) is 10.9. The summed E-state index contributed by atoms with van der Waals surface area (Å²) in [5.74, 6) is -1.98. The molecule has 0 spiro atoms. The first-order valence-electron chi connectivity index (χ1n) is 9.31. The van der Waals surface area contributed by atoms with Crippen molar-refractivity contribution in [2.75, 3.05) is 5.32 Å². The van der Waals surface area contributed by atoms with E-state index in [1.54, 1.807) is 12.1 Å². The Morgan fingerprint density at radius 3 is 2.48 bits per heavy atom. The van der Waals surface area contributed by atoms with Gasteiger partial charge in [0.05, 0.1) is 22.7 Å². The third-order valence-corrected chi connectivity index (χ3v) is 4.34. The number of anilines is 1. The molecular weight excluding hydrogens is 402 g/mol. The zero-order valence-electron chi connectivity index (χ0n) is 16.5. The molecule has 0 saturated heterocycles. The minimum Gasteiger partial charge on any atom is -0.478 e. The number of hydrogen-bond acceptors (Lipinski definition) is 6. The highest BCUT2D eigenvalue weighted by Crippen LogP contribution is 2.13. The molecule has 0 aliphatic carbocycles. The lowest BCUT2D eigenvalue weighted by Crippen LogP contribution is -2.21. The number of aromatic carboxylic acids is 1. The van der Waals surface area contributed by atoms with Crippen LogP contribution < -0.4 is 16.2 Å². The van der Waals surface area contributed by atoms with Crippen LogP contribution in [0.15, 0.2) is 63.0 Å². The number of aryl methyl sites for hydroxylation is 1. The molecule has 3 rings (SSSR count). The van der Waals surface area contributed by atoms with Gasteiger partial charge in [0.25, 0.3) is 0 Å². The van der Waals surface area contributed by atoms with Crippen LogP contribution >= 0.6 is 0 Å². The molecule has 0 fully saturated rings. The molecule has 0 bridgehead atoms. The Labute approximate surface area is 176 Å². The molecule has 2 aromatic carbocycles.